The lowest BCUT2D eigenvalue weighted by atomic mass is 9.97. The molecule has 2 atom stereocenters. The summed E-state index contributed by atoms with van der Waals surface area (Å²) in [6.07, 6.45) is 4.31. The fourth-order valence-corrected chi connectivity index (χ4v) is 3.93. The van der Waals surface area contributed by atoms with Crippen LogP contribution in [0.4, 0.5) is 5.69 Å². The van der Waals surface area contributed by atoms with E-state index in [0.29, 0.717) is 25.4 Å². The van der Waals surface area contributed by atoms with Gasteiger partial charge in [0.2, 0.25) is 17.7 Å². The Bertz CT molecular complexity index is 704. The molecule has 2 unspecified atom stereocenters. The molecule has 2 saturated heterocycles. The summed E-state index contributed by atoms with van der Waals surface area (Å²) in [4.78, 5) is 37.8. The number of rotatable bonds is 6. The lowest BCUT2D eigenvalue weighted by Crippen LogP contribution is -2.47. The normalized spacial score (nSPS) is 21.2. The van der Waals surface area contributed by atoms with Crippen LogP contribution < -0.4 is 16.0 Å². The van der Waals surface area contributed by atoms with E-state index in [9.17, 15) is 14.4 Å². The molecule has 0 spiro atoms. The van der Waals surface area contributed by atoms with Gasteiger partial charge in [0.15, 0.2) is 0 Å². The van der Waals surface area contributed by atoms with E-state index < -0.39 is 0 Å². The first-order chi connectivity index (χ1) is 13.5. The van der Waals surface area contributed by atoms with Crippen molar-refractivity contribution in [3.63, 3.8) is 0 Å². The van der Waals surface area contributed by atoms with Gasteiger partial charge in [-0.15, -0.1) is 12.4 Å². The number of carbonyl (C=O) groups is 3. The SMILES string of the molecule is CC(=O)Nc1ccc(CC(=O)N2CCCC(CNC(=O)C3CCCN3)C2)cc1.Cl. The fraction of sp³-hybridized carbons (Fsp3) is 0.571. The third-order valence-corrected chi connectivity index (χ3v) is 5.44. The topological polar surface area (TPSA) is 90.5 Å². The minimum absolute atomic E-state index is 0. The third-order valence-electron chi connectivity index (χ3n) is 5.44. The minimum atomic E-state index is -0.112. The molecule has 2 aliphatic heterocycles. The number of amides is 3. The monoisotopic (exact) mass is 422 g/mol. The predicted molar refractivity (Wildman–Crippen MR) is 115 cm³/mol. The molecule has 3 rings (SSSR count). The first-order valence-corrected chi connectivity index (χ1v) is 10.2. The standard InChI is InChI=1S/C21H30N4O3.ClH/c1-15(26)24-18-8-6-16(7-9-18)12-20(27)25-11-3-4-17(14-25)13-23-21(28)19-5-2-10-22-19;/h6-9,17,19,22H,2-5,10-14H2,1H3,(H,23,28)(H,24,26);1H. The van der Waals surface area contributed by atoms with E-state index in [4.69, 9.17) is 0 Å². The highest BCUT2D eigenvalue weighted by molar-refractivity contribution is 5.88. The highest BCUT2D eigenvalue weighted by atomic mass is 35.5. The predicted octanol–water partition coefficient (Wildman–Crippen LogP) is 1.72. The fourth-order valence-electron chi connectivity index (χ4n) is 3.93. The molecule has 0 bridgehead atoms. The van der Waals surface area contributed by atoms with Gasteiger partial charge in [-0.25, -0.2) is 0 Å². The summed E-state index contributed by atoms with van der Waals surface area (Å²) in [7, 11) is 0. The van der Waals surface area contributed by atoms with E-state index >= 15 is 0 Å². The van der Waals surface area contributed by atoms with Crippen LogP contribution in [0.3, 0.4) is 0 Å². The van der Waals surface area contributed by atoms with Crippen molar-refractivity contribution < 1.29 is 14.4 Å². The van der Waals surface area contributed by atoms with Crippen LogP contribution in [0.1, 0.15) is 38.2 Å². The lowest BCUT2D eigenvalue weighted by Gasteiger charge is -2.33. The maximum absolute atomic E-state index is 12.7. The van der Waals surface area contributed by atoms with Gasteiger partial charge in [-0.2, -0.15) is 0 Å². The number of hydrogen-bond donors (Lipinski definition) is 3. The molecule has 29 heavy (non-hydrogen) atoms. The average Bonchev–Trinajstić information content (AvgIpc) is 3.22. The molecular formula is C21H31ClN4O3. The van der Waals surface area contributed by atoms with Gasteiger partial charge in [0, 0.05) is 32.2 Å². The molecule has 2 aliphatic rings. The molecular weight excluding hydrogens is 392 g/mol. The Morgan fingerprint density at radius 3 is 2.55 bits per heavy atom. The number of hydrogen-bond acceptors (Lipinski definition) is 4. The summed E-state index contributed by atoms with van der Waals surface area (Å²) in [6, 6.07) is 7.33. The van der Waals surface area contributed by atoms with Crippen LogP contribution in [-0.2, 0) is 20.8 Å². The largest absolute Gasteiger partial charge is 0.354 e. The van der Waals surface area contributed by atoms with Gasteiger partial charge in [-0.1, -0.05) is 12.1 Å². The second-order valence-electron chi connectivity index (χ2n) is 7.80. The van der Waals surface area contributed by atoms with E-state index in [-0.39, 0.29) is 36.2 Å². The Morgan fingerprint density at radius 2 is 1.90 bits per heavy atom. The van der Waals surface area contributed by atoms with Crippen molar-refractivity contribution >= 4 is 35.8 Å². The lowest BCUT2D eigenvalue weighted by molar-refractivity contribution is -0.132. The van der Waals surface area contributed by atoms with Crippen LogP contribution >= 0.6 is 12.4 Å². The smallest absolute Gasteiger partial charge is 0.237 e. The molecule has 2 heterocycles. The number of anilines is 1. The molecule has 160 valence electrons. The Balaban J connectivity index is 0.00000300. The van der Waals surface area contributed by atoms with Gasteiger partial charge in [-0.3, -0.25) is 14.4 Å². The molecule has 3 amide bonds. The summed E-state index contributed by atoms with van der Waals surface area (Å²) in [5.41, 5.74) is 1.66. The van der Waals surface area contributed by atoms with Gasteiger partial charge in [0.1, 0.15) is 0 Å². The van der Waals surface area contributed by atoms with Crippen molar-refractivity contribution in [1.29, 1.82) is 0 Å². The molecule has 8 heteroatoms. The van der Waals surface area contributed by atoms with E-state index in [1.165, 1.54) is 6.92 Å². The molecule has 0 aromatic heterocycles. The molecule has 1 aromatic rings. The zero-order valence-corrected chi connectivity index (χ0v) is 17.7. The van der Waals surface area contributed by atoms with Crippen LogP contribution in [-0.4, -0.2) is 54.8 Å². The number of nitrogens with zero attached hydrogens (tertiary/aromatic N) is 1. The number of benzene rings is 1. The second-order valence-corrected chi connectivity index (χ2v) is 7.80. The van der Waals surface area contributed by atoms with E-state index in [1.54, 1.807) is 0 Å². The first-order valence-electron chi connectivity index (χ1n) is 10.2. The van der Waals surface area contributed by atoms with Crippen LogP contribution in [0.2, 0.25) is 0 Å². The minimum Gasteiger partial charge on any atom is -0.354 e. The van der Waals surface area contributed by atoms with Crippen LogP contribution in [0, 0.1) is 5.92 Å². The zero-order valence-electron chi connectivity index (χ0n) is 16.9. The number of halogens is 1. The maximum Gasteiger partial charge on any atom is 0.237 e. The Labute approximate surface area is 178 Å². The van der Waals surface area contributed by atoms with Gasteiger partial charge >= 0.3 is 0 Å². The highest BCUT2D eigenvalue weighted by Crippen LogP contribution is 2.18. The first kappa shape index (κ1) is 23.2. The maximum atomic E-state index is 12.7. The molecule has 1 aromatic carbocycles. The van der Waals surface area contributed by atoms with E-state index in [1.807, 2.05) is 29.2 Å². The summed E-state index contributed by atoms with van der Waals surface area (Å²) >= 11 is 0. The van der Waals surface area contributed by atoms with Crippen molar-refractivity contribution in [3.8, 4) is 0 Å². The van der Waals surface area contributed by atoms with Crippen LogP contribution in [0.15, 0.2) is 24.3 Å². The summed E-state index contributed by atoms with van der Waals surface area (Å²) in [5.74, 6) is 0.394. The summed E-state index contributed by atoms with van der Waals surface area (Å²) < 4.78 is 0. The molecule has 0 aliphatic carbocycles. The Hall–Kier alpha value is -2.12. The van der Waals surface area contributed by atoms with Gasteiger partial charge in [-0.05, 0) is 55.8 Å². The van der Waals surface area contributed by atoms with Crippen molar-refractivity contribution in [1.82, 2.24) is 15.5 Å². The summed E-state index contributed by atoms with van der Waals surface area (Å²) in [5, 5.41) is 8.99. The highest BCUT2D eigenvalue weighted by Gasteiger charge is 2.26. The van der Waals surface area contributed by atoms with E-state index in [2.05, 4.69) is 16.0 Å². The van der Waals surface area contributed by atoms with Crippen molar-refractivity contribution in [2.75, 3.05) is 31.5 Å². The number of piperidine rings is 1. The molecule has 0 saturated carbocycles. The van der Waals surface area contributed by atoms with Crippen molar-refractivity contribution in [2.45, 2.75) is 45.1 Å². The van der Waals surface area contributed by atoms with Crippen molar-refractivity contribution in [3.05, 3.63) is 29.8 Å². The van der Waals surface area contributed by atoms with Gasteiger partial charge < -0.3 is 20.9 Å². The second kappa shape index (κ2) is 11.2. The van der Waals surface area contributed by atoms with Gasteiger partial charge in [0.25, 0.3) is 0 Å². The number of nitrogens with one attached hydrogen (secondary N) is 3. The van der Waals surface area contributed by atoms with E-state index in [0.717, 1.165) is 50.0 Å². The van der Waals surface area contributed by atoms with Crippen molar-refractivity contribution in [2.24, 2.45) is 5.92 Å². The Morgan fingerprint density at radius 1 is 1.14 bits per heavy atom. The third kappa shape index (κ3) is 7.01. The number of carbonyl (C=O) groups excluding carboxylic acids is 3. The Kier molecular flexibility index (Phi) is 8.92. The van der Waals surface area contributed by atoms with Crippen LogP contribution in [0.5, 0.6) is 0 Å². The quantitative estimate of drug-likeness (QED) is 0.651. The number of likely N-dealkylation sites (tertiary alicyclic amines) is 1. The summed E-state index contributed by atoms with van der Waals surface area (Å²) in [6.45, 7) is 4.48. The molecule has 7 nitrogen and oxygen atoms in total. The molecule has 2 fully saturated rings. The van der Waals surface area contributed by atoms with Gasteiger partial charge in [0.05, 0.1) is 12.5 Å². The molecule has 3 N–H and O–H groups in total. The molecule has 0 radical (unpaired) electrons. The average molecular weight is 423 g/mol. The van der Waals surface area contributed by atoms with Crippen LogP contribution in [0.25, 0.3) is 0 Å². The zero-order chi connectivity index (χ0) is 19.9.